The van der Waals surface area contributed by atoms with E-state index in [1.54, 1.807) is 0 Å². The molecule has 2 saturated heterocycles. The minimum atomic E-state index is 0.164. The van der Waals surface area contributed by atoms with E-state index >= 15 is 0 Å². The first-order valence-corrected chi connectivity index (χ1v) is 9.98. The van der Waals surface area contributed by atoms with Crippen LogP contribution in [0.5, 0.6) is 0 Å². The van der Waals surface area contributed by atoms with Crippen LogP contribution in [-0.2, 0) is 0 Å². The first kappa shape index (κ1) is 17.6. The highest BCUT2D eigenvalue weighted by molar-refractivity contribution is 6.33. The van der Waals surface area contributed by atoms with Crippen molar-refractivity contribution in [3.8, 4) is 11.1 Å². The first-order valence-electron chi connectivity index (χ1n) is 9.61. The van der Waals surface area contributed by atoms with Gasteiger partial charge in [0.25, 0.3) is 5.91 Å². The summed E-state index contributed by atoms with van der Waals surface area (Å²) < 4.78 is 0. The van der Waals surface area contributed by atoms with Crippen molar-refractivity contribution >= 4 is 17.5 Å². The van der Waals surface area contributed by atoms with E-state index in [1.165, 1.54) is 25.9 Å². The SMILES string of the molecule is O=C(c1ccc(-c2ccccc2Cl)cc1)N1CCCC1CN1CCCC1. The molecule has 4 heteroatoms. The molecule has 2 aromatic carbocycles. The van der Waals surface area contributed by atoms with Crippen molar-refractivity contribution in [1.82, 2.24) is 9.80 Å². The highest BCUT2D eigenvalue weighted by atomic mass is 35.5. The third kappa shape index (κ3) is 3.65. The van der Waals surface area contributed by atoms with Gasteiger partial charge in [-0.1, -0.05) is 41.9 Å². The van der Waals surface area contributed by atoms with Gasteiger partial charge in [0.2, 0.25) is 0 Å². The summed E-state index contributed by atoms with van der Waals surface area (Å²) in [4.78, 5) is 17.6. The summed E-state index contributed by atoms with van der Waals surface area (Å²) >= 11 is 6.28. The van der Waals surface area contributed by atoms with Crippen LogP contribution >= 0.6 is 11.6 Å². The van der Waals surface area contributed by atoms with Crippen LogP contribution in [-0.4, -0.2) is 47.9 Å². The highest BCUT2D eigenvalue weighted by Gasteiger charge is 2.31. The second-order valence-corrected chi connectivity index (χ2v) is 7.77. The van der Waals surface area contributed by atoms with E-state index in [4.69, 9.17) is 11.6 Å². The Morgan fingerprint density at radius 2 is 1.69 bits per heavy atom. The number of hydrogen-bond acceptors (Lipinski definition) is 2. The lowest BCUT2D eigenvalue weighted by molar-refractivity contribution is 0.0709. The summed E-state index contributed by atoms with van der Waals surface area (Å²) in [5.74, 6) is 0.164. The summed E-state index contributed by atoms with van der Waals surface area (Å²) in [6.07, 6.45) is 4.83. The normalized spacial score (nSPS) is 20.7. The molecular weight excluding hydrogens is 344 g/mol. The maximum Gasteiger partial charge on any atom is 0.254 e. The van der Waals surface area contributed by atoms with Crippen LogP contribution in [0.4, 0.5) is 0 Å². The summed E-state index contributed by atoms with van der Waals surface area (Å²) in [7, 11) is 0. The van der Waals surface area contributed by atoms with Crippen LogP contribution < -0.4 is 0 Å². The Kier molecular flexibility index (Phi) is 5.28. The van der Waals surface area contributed by atoms with Gasteiger partial charge < -0.3 is 9.80 Å². The first-order chi connectivity index (χ1) is 12.7. The average Bonchev–Trinajstić information content (AvgIpc) is 3.34. The lowest BCUT2D eigenvalue weighted by atomic mass is 10.0. The molecule has 2 aliphatic heterocycles. The zero-order valence-electron chi connectivity index (χ0n) is 15.0. The predicted molar refractivity (Wildman–Crippen MR) is 107 cm³/mol. The quantitative estimate of drug-likeness (QED) is 0.780. The zero-order valence-corrected chi connectivity index (χ0v) is 15.8. The van der Waals surface area contributed by atoms with Crippen LogP contribution in [0, 0.1) is 0 Å². The largest absolute Gasteiger partial charge is 0.334 e. The van der Waals surface area contributed by atoms with Crippen molar-refractivity contribution < 1.29 is 4.79 Å². The molecule has 0 saturated carbocycles. The molecule has 2 aromatic rings. The van der Waals surface area contributed by atoms with E-state index in [1.807, 2.05) is 48.5 Å². The van der Waals surface area contributed by atoms with E-state index in [-0.39, 0.29) is 5.91 Å². The second-order valence-electron chi connectivity index (χ2n) is 7.36. The number of amides is 1. The summed E-state index contributed by atoms with van der Waals surface area (Å²) in [5.41, 5.74) is 2.82. The Morgan fingerprint density at radius 1 is 0.962 bits per heavy atom. The van der Waals surface area contributed by atoms with Crippen molar-refractivity contribution in [2.75, 3.05) is 26.2 Å². The van der Waals surface area contributed by atoms with Crippen molar-refractivity contribution in [3.63, 3.8) is 0 Å². The Balaban J connectivity index is 1.48. The Bertz CT molecular complexity index is 768. The highest BCUT2D eigenvalue weighted by Crippen LogP contribution is 2.28. The van der Waals surface area contributed by atoms with Crippen molar-refractivity contribution in [2.45, 2.75) is 31.7 Å². The lowest BCUT2D eigenvalue weighted by Crippen LogP contribution is -2.42. The molecule has 0 radical (unpaired) electrons. The van der Waals surface area contributed by atoms with E-state index in [0.717, 1.165) is 47.6 Å². The van der Waals surface area contributed by atoms with E-state index in [9.17, 15) is 4.79 Å². The Hall–Kier alpha value is -1.84. The van der Waals surface area contributed by atoms with E-state index in [0.29, 0.717) is 6.04 Å². The van der Waals surface area contributed by atoms with Gasteiger partial charge in [-0.3, -0.25) is 4.79 Å². The van der Waals surface area contributed by atoms with Gasteiger partial charge >= 0.3 is 0 Å². The number of halogens is 1. The molecule has 1 unspecified atom stereocenters. The summed E-state index contributed by atoms with van der Waals surface area (Å²) in [5, 5.41) is 0.733. The van der Waals surface area contributed by atoms with Crippen molar-refractivity contribution in [1.29, 1.82) is 0 Å². The van der Waals surface area contributed by atoms with Crippen LogP contribution in [0.1, 0.15) is 36.0 Å². The van der Waals surface area contributed by atoms with Gasteiger partial charge in [0.15, 0.2) is 0 Å². The number of carbonyl (C=O) groups is 1. The fourth-order valence-electron chi connectivity index (χ4n) is 4.21. The van der Waals surface area contributed by atoms with Crippen LogP contribution in [0.15, 0.2) is 48.5 Å². The molecule has 3 nitrogen and oxygen atoms in total. The van der Waals surface area contributed by atoms with Gasteiger partial charge in [0.1, 0.15) is 0 Å². The topological polar surface area (TPSA) is 23.6 Å². The molecule has 26 heavy (non-hydrogen) atoms. The van der Waals surface area contributed by atoms with Gasteiger partial charge in [-0.15, -0.1) is 0 Å². The molecule has 0 aliphatic carbocycles. The number of likely N-dealkylation sites (tertiary alicyclic amines) is 2. The molecule has 1 amide bonds. The minimum Gasteiger partial charge on any atom is -0.334 e. The third-order valence-corrected chi connectivity index (χ3v) is 5.95. The van der Waals surface area contributed by atoms with Gasteiger partial charge in [-0.2, -0.15) is 0 Å². The standard InChI is InChI=1S/C22H25ClN2O/c23-21-8-2-1-7-20(21)17-9-11-18(12-10-17)22(26)25-15-5-6-19(25)16-24-13-3-4-14-24/h1-2,7-12,19H,3-6,13-16H2. The monoisotopic (exact) mass is 368 g/mol. The maximum atomic E-state index is 13.0. The molecule has 2 fully saturated rings. The molecule has 0 spiro atoms. The molecule has 0 bridgehead atoms. The van der Waals surface area contributed by atoms with Gasteiger partial charge in [-0.25, -0.2) is 0 Å². The second kappa shape index (κ2) is 7.81. The fourth-order valence-corrected chi connectivity index (χ4v) is 4.45. The molecule has 0 N–H and O–H groups in total. The number of nitrogens with zero attached hydrogens (tertiary/aromatic N) is 2. The maximum absolute atomic E-state index is 13.0. The third-order valence-electron chi connectivity index (χ3n) is 5.62. The van der Waals surface area contributed by atoms with Crippen LogP contribution in [0.3, 0.4) is 0 Å². The molecular formula is C22H25ClN2O. The zero-order chi connectivity index (χ0) is 17.9. The molecule has 1 atom stereocenters. The van der Waals surface area contributed by atoms with Crippen LogP contribution in [0.25, 0.3) is 11.1 Å². The van der Waals surface area contributed by atoms with Crippen molar-refractivity contribution in [2.24, 2.45) is 0 Å². The molecule has 0 aromatic heterocycles. The van der Waals surface area contributed by atoms with E-state index in [2.05, 4.69) is 9.80 Å². The summed E-state index contributed by atoms with van der Waals surface area (Å²) in [6.45, 7) is 4.28. The number of rotatable bonds is 4. The summed E-state index contributed by atoms with van der Waals surface area (Å²) in [6, 6.07) is 16.0. The number of carbonyl (C=O) groups excluding carboxylic acids is 1. The molecule has 136 valence electrons. The lowest BCUT2D eigenvalue weighted by Gasteiger charge is -2.28. The average molecular weight is 369 g/mol. The molecule has 2 aliphatic rings. The predicted octanol–water partition coefficient (Wildman–Crippen LogP) is 4.71. The van der Waals surface area contributed by atoms with E-state index < -0.39 is 0 Å². The molecule has 2 heterocycles. The molecule has 4 rings (SSSR count). The fraction of sp³-hybridized carbons (Fsp3) is 0.409. The van der Waals surface area contributed by atoms with Gasteiger partial charge in [0, 0.05) is 35.3 Å². The van der Waals surface area contributed by atoms with Crippen molar-refractivity contribution in [3.05, 3.63) is 59.1 Å². The van der Waals surface area contributed by atoms with Crippen LogP contribution in [0.2, 0.25) is 5.02 Å². The number of benzene rings is 2. The van der Waals surface area contributed by atoms with Gasteiger partial charge in [0.05, 0.1) is 0 Å². The Morgan fingerprint density at radius 3 is 2.42 bits per heavy atom. The smallest absolute Gasteiger partial charge is 0.254 e. The Labute approximate surface area is 160 Å². The van der Waals surface area contributed by atoms with Gasteiger partial charge in [-0.05, 0) is 62.5 Å². The number of hydrogen-bond donors (Lipinski definition) is 0. The minimum absolute atomic E-state index is 0.164.